The lowest BCUT2D eigenvalue weighted by Gasteiger charge is -2.36. The number of carbonyl (C=O) groups excluding carboxylic acids is 1. The van der Waals surface area contributed by atoms with E-state index >= 15 is 0 Å². The van der Waals surface area contributed by atoms with E-state index in [1.807, 2.05) is 0 Å². The molecule has 1 aromatic carbocycles. The van der Waals surface area contributed by atoms with Crippen molar-refractivity contribution in [2.24, 2.45) is 23.7 Å². The summed E-state index contributed by atoms with van der Waals surface area (Å²) < 4.78 is 34.0. The Labute approximate surface area is 154 Å². The van der Waals surface area contributed by atoms with Crippen molar-refractivity contribution in [1.29, 1.82) is 0 Å². The Kier molecular flexibility index (Phi) is 6.49. The minimum absolute atomic E-state index is 0.0502. The van der Waals surface area contributed by atoms with Crippen molar-refractivity contribution in [3.63, 3.8) is 0 Å². The summed E-state index contributed by atoms with van der Waals surface area (Å²) in [5, 5.41) is 0. The van der Waals surface area contributed by atoms with E-state index in [-0.39, 0.29) is 17.6 Å². The van der Waals surface area contributed by atoms with E-state index in [4.69, 9.17) is 4.74 Å². The van der Waals surface area contributed by atoms with Crippen molar-refractivity contribution < 1.29 is 23.0 Å². The molecule has 0 saturated heterocycles. The molecule has 0 spiro atoms. The first kappa shape index (κ1) is 19.1. The lowest BCUT2D eigenvalue weighted by Crippen LogP contribution is -2.29. The molecular weight excluding hydrogens is 338 g/mol. The second-order valence-electron chi connectivity index (χ2n) is 7.90. The zero-order valence-corrected chi connectivity index (χ0v) is 15.3. The van der Waals surface area contributed by atoms with E-state index in [1.165, 1.54) is 49.9 Å². The average molecular weight is 366 g/mol. The van der Waals surface area contributed by atoms with Gasteiger partial charge in [-0.2, -0.15) is 8.78 Å². The molecule has 2 aliphatic carbocycles. The van der Waals surface area contributed by atoms with Gasteiger partial charge in [-0.3, -0.25) is 4.79 Å². The van der Waals surface area contributed by atoms with Crippen molar-refractivity contribution >= 4 is 5.97 Å². The third-order valence-electron chi connectivity index (χ3n) is 6.10. The van der Waals surface area contributed by atoms with Crippen LogP contribution in [0.4, 0.5) is 8.78 Å². The Morgan fingerprint density at radius 1 is 0.885 bits per heavy atom. The normalized spacial score (nSPS) is 29.4. The molecule has 0 N–H and O–H groups in total. The highest BCUT2D eigenvalue weighted by Crippen LogP contribution is 2.41. The third-order valence-corrected chi connectivity index (χ3v) is 6.10. The quantitative estimate of drug-likeness (QED) is 0.486. The molecule has 0 amide bonds. The molecule has 0 aromatic heterocycles. The number of ether oxygens (including phenoxy) is 2. The molecule has 5 heteroatoms. The van der Waals surface area contributed by atoms with Crippen LogP contribution in [0.2, 0.25) is 0 Å². The molecule has 2 fully saturated rings. The molecule has 0 radical (unpaired) electrons. The summed E-state index contributed by atoms with van der Waals surface area (Å²) >= 11 is 0. The fraction of sp³-hybridized carbons (Fsp3) is 0.667. The second kappa shape index (κ2) is 8.83. The first-order valence-corrected chi connectivity index (χ1v) is 9.78. The first-order chi connectivity index (χ1) is 12.5. The molecule has 26 heavy (non-hydrogen) atoms. The van der Waals surface area contributed by atoms with E-state index in [0.29, 0.717) is 5.75 Å². The minimum atomic E-state index is -2.86. The number of halogens is 2. The summed E-state index contributed by atoms with van der Waals surface area (Å²) in [5.41, 5.74) is 0. The minimum Gasteiger partial charge on any atom is -0.435 e. The van der Waals surface area contributed by atoms with Gasteiger partial charge in [0.15, 0.2) is 0 Å². The lowest BCUT2D eigenvalue weighted by atomic mass is 9.69. The number of hydrogen-bond acceptors (Lipinski definition) is 3. The van der Waals surface area contributed by atoms with Crippen LogP contribution in [0.1, 0.15) is 58.3 Å². The standard InChI is InChI=1S/C21H28F2O3/c1-14-2-4-15(5-3-14)16-6-8-17(9-7-16)20(24)25-18-10-12-19(13-11-18)26-21(22)23/h10-17,21H,2-9H2,1H3. The molecule has 144 valence electrons. The first-order valence-electron chi connectivity index (χ1n) is 9.78. The summed E-state index contributed by atoms with van der Waals surface area (Å²) in [7, 11) is 0. The van der Waals surface area contributed by atoms with Crippen LogP contribution in [0, 0.1) is 23.7 Å². The van der Waals surface area contributed by atoms with Gasteiger partial charge in [-0.15, -0.1) is 0 Å². The van der Waals surface area contributed by atoms with Gasteiger partial charge in [-0.05, 0) is 80.5 Å². The third kappa shape index (κ3) is 5.18. The molecular formula is C21H28F2O3. The molecule has 1 aromatic rings. The van der Waals surface area contributed by atoms with Crippen molar-refractivity contribution in [3.05, 3.63) is 24.3 Å². The Morgan fingerprint density at radius 3 is 1.92 bits per heavy atom. The summed E-state index contributed by atoms with van der Waals surface area (Å²) in [5.74, 6) is 2.65. The van der Waals surface area contributed by atoms with Gasteiger partial charge in [-0.1, -0.05) is 19.8 Å². The van der Waals surface area contributed by atoms with Crippen molar-refractivity contribution in [2.75, 3.05) is 0 Å². The summed E-state index contributed by atoms with van der Waals surface area (Å²) in [4.78, 5) is 12.4. The molecule has 0 bridgehead atoms. The van der Waals surface area contributed by atoms with Gasteiger partial charge in [0.2, 0.25) is 0 Å². The largest absolute Gasteiger partial charge is 0.435 e. The molecule has 3 rings (SSSR count). The van der Waals surface area contributed by atoms with Gasteiger partial charge in [0.1, 0.15) is 11.5 Å². The van der Waals surface area contributed by atoms with Crippen LogP contribution >= 0.6 is 0 Å². The smallest absolute Gasteiger partial charge is 0.387 e. The Balaban J connectivity index is 1.45. The predicted molar refractivity (Wildman–Crippen MR) is 95.3 cm³/mol. The number of benzene rings is 1. The molecule has 2 aliphatic rings. The number of carbonyl (C=O) groups is 1. The van der Waals surface area contributed by atoms with Crippen molar-refractivity contribution in [3.8, 4) is 11.5 Å². The van der Waals surface area contributed by atoms with Crippen molar-refractivity contribution in [2.45, 2.75) is 64.9 Å². The zero-order chi connectivity index (χ0) is 18.5. The van der Waals surface area contributed by atoms with Crippen LogP contribution in [0.3, 0.4) is 0 Å². The molecule has 3 nitrogen and oxygen atoms in total. The van der Waals surface area contributed by atoms with Gasteiger partial charge in [0.25, 0.3) is 0 Å². The maximum Gasteiger partial charge on any atom is 0.387 e. The van der Waals surface area contributed by atoms with Gasteiger partial charge in [0, 0.05) is 0 Å². The summed E-state index contributed by atoms with van der Waals surface area (Å²) in [6.45, 7) is -0.513. The highest BCUT2D eigenvalue weighted by molar-refractivity contribution is 5.75. The maximum absolute atomic E-state index is 12.4. The van der Waals surface area contributed by atoms with E-state index in [9.17, 15) is 13.6 Å². The molecule has 0 unspecified atom stereocenters. The predicted octanol–water partition coefficient (Wildman–Crippen LogP) is 5.83. The Hall–Kier alpha value is -1.65. The number of hydrogen-bond donors (Lipinski definition) is 0. The van der Waals surface area contributed by atoms with Crippen LogP contribution in [0.5, 0.6) is 11.5 Å². The zero-order valence-electron chi connectivity index (χ0n) is 15.3. The Morgan fingerprint density at radius 2 is 1.38 bits per heavy atom. The van der Waals surface area contributed by atoms with Crippen LogP contribution < -0.4 is 9.47 Å². The number of esters is 1. The number of alkyl halides is 2. The van der Waals surface area contributed by atoms with Crippen molar-refractivity contribution in [1.82, 2.24) is 0 Å². The van der Waals surface area contributed by atoms with E-state index < -0.39 is 6.61 Å². The van der Waals surface area contributed by atoms with E-state index in [2.05, 4.69) is 11.7 Å². The monoisotopic (exact) mass is 366 g/mol. The Bertz CT molecular complexity index is 571. The van der Waals surface area contributed by atoms with Gasteiger partial charge < -0.3 is 9.47 Å². The molecule has 0 aliphatic heterocycles. The maximum atomic E-state index is 12.4. The van der Waals surface area contributed by atoms with Crippen LogP contribution in [0.15, 0.2) is 24.3 Å². The van der Waals surface area contributed by atoms with Crippen LogP contribution in [-0.2, 0) is 4.79 Å². The fourth-order valence-corrected chi connectivity index (χ4v) is 4.47. The summed E-state index contributed by atoms with van der Waals surface area (Å²) in [6, 6.07) is 5.75. The second-order valence-corrected chi connectivity index (χ2v) is 7.90. The lowest BCUT2D eigenvalue weighted by molar-refractivity contribution is -0.140. The van der Waals surface area contributed by atoms with Crippen LogP contribution in [0.25, 0.3) is 0 Å². The summed E-state index contributed by atoms with van der Waals surface area (Å²) in [6.07, 6.45) is 9.38. The highest BCUT2D eigenvalue weighted by atomic mass is 19.3. The topological polar surface area (TPSA) is 35.5 Å². The van der Waals surface area contributed by atoms with Crippen LogP contribution in [-0.4, -0.2) is 12.6 Å². The SMILES string of the molecule is CC1CCC(C2CCC(C(=O)Oc3ccc(OC(F)F)cc3)CC2)CC1. The van der Waals surface area contributed by atoms with Gasteiger partial charge in [-0.25, -0.2) is 0 Å². The van der Waals surface area contributed by atoms with E-state index in [1.54, 1.807) is 0 Å². The van der Waals surface area contributed by atoms with E-state index in [0.717, 1.165) is 43.4 Å². The fourth-order valence-electron chi connectivity index (χ4n) is 4.47. The van der Waals surface area contributed by atoms with Gasteiger partial charge >= 0.3 is 12.6 Å². The number of rotatable bonds is 5. The average Bonchev–Trinajstić information content (AvgIpc) is 2.64. The molecule has 0 atom stereocenters. The molecule has 2 saturated carbocycles. The molecule has 0 heterocycles. The highest BCUT2D eigenvalue weighted by Gasteiger charge is 2.33. The van der Waals surface area contributed by atoms with Gasteiger partial charge in [0.05, 0.1) is 5.92 Å².